The van der Waals surface area contributed by atoms with Crippen molar-refractivity contribution < 1.29 is 14.3 Å². The van der Waals surface area contributed by atoms with Gasteiger partial charge in [-0.2, -0.15) is 0 Å². The maximum atomic E-state index is 11.0. The SMILES string of the molecule is Cc1oc(C(=O)O)cc1CN1CCC[C@H]2CCCC[C@H]21. The summed E-state index contributed by atoms with van der Waals surface area (Å²) in [5.41, 5.74) is 1.04. The molecule has 1 aliphatic carbocycles. The van der Waals surface area contributed by atoms with E-state index in [0.29, 0.717) is 6.04 Å². The van der Waals surface area contributed by atoms with Crippen LogP contribution in [0.5, 0.6) is 0 Å². The number of carbonyl (C=O) groups is 1. The normalized spacial score (nSPS) is 27.2. The average molecular weight is 277 g/mol. The highest BCUT2D eigenvalue weighted by molar-refractivity contribution is 5.84. The molecule has 2 aliphatic rings. The lowest BCUT2D eigenvalue weighted by Gasteiger charge is -2.44. The predicted molar refractivity (Wildman–Crippen MR) is 75.8 cm³/mol. The predicted octanol–water partition coefficient (Wildman–Crippen LogP) is 3.44. The van der Waals surface area contributed by atoms with E-state index in [0.717, 1.165) is 30.3 Å². The average Bonchev–Trinajstić information content (AvgIpc) is 2.81. The summed E-state index contributed by atoms with van der Waals surface area (Å²) in [7, 11) is 0. The van der Waals surface area contributed by atoms with Gasteiger partial charge in [-0.15, -0.1) is 0 Å². The molecule has 1 saturated carbocycles. The van der Waals surface area contributed by atoms with Crippen molar-refractivity contribution in [2.45, 2.75) is 58.0 Å². The maximum absolute atomic E-state index is 11.0. The van der Waals surface area contributed by atoms with E-state index < -0.39 is 5.97 Å². The van der Waals surface area contributed by atoms with E-state index in [9.17, 15) is 4.79 Å². The fourth-order valence-electron chi connectivity index (χ4n) is 3.93. The number of hydrogen-bond donors (Lipinski definition) is 1. The van der Waals surface area contributed by atoms with Gasteiger partial charge >= 0.3 is 5.97 Å². The van der Waals surface area contributed by atoms with E-state index in [2.05, 4.69) is 4.90 Å². The first-order valence-corrected chi connectivity index (χ1v) is 7.72. The number of nitrogens with zero attached hydrogens (tertiary/aromatic N) is 1. The number of likely N-dealkylation sites (tertiary alicyclic amines) is 1. The molecule has 2 fully saturated rings. The lowest BCUT2D eigenvalue weighted by atomic mass is 9.78. The Kier molecular flexibility index (Phi) is 3.83. The minimum absolute atomic E-state index is 0.0645. The van der Waals surface area contributed by atoms with Gasteiger partial charge in [0, 0.05) is 18.2 Å². The molecule has 20 heavy (non-hydrogen) atoms. The van der Waals surface area contributed by atoms with Crippen molar-refractivity contribution >= 4 is 5.97 Å². The second-order valence-corrected chi connectivity index (χ2v) is 6.22. The highest BCUT2D eigenvalue weighted by atomic mass is 16.4. The van der Waals surface area contributed by atoms with Gasteiger partial charge < -0.3 is 9.52 Å². The van der Waals surface area contributed by atoms with Crippen LogP contribution in [0.15, 0.2) is 10.5 Å². The van der Waals surface area contributed by atoms with Crippen LogP contribution in [0, 0.1) is 12.8 Å². The second kappa shape index (κ2) is 5.60. The summed E-state index contributed by atoms with van der Waals surface area (Å²) in [5, 5.41) is 9.01. The van der Waals surface area contributed by atoms with Crippen LogP contribution < -0.4 is 0 Å². The number of furan rings is 1. The maximum Gasteiger partial charge on any atom is 0.371 e. The molecule has 0 radical (unpaired) electrons. The minimum atomic E-state index is -0.978. The monoisotopic (exact) mass is 277 g/mol. The van der Waals surface area contributed by atoms with Gasteiger partial charge in [-0.3, -0.25) is 4.90 Å². The van der Waals surface area contributed by atoms with Crippen molar-refractivity contribution in [2.75, 3.05) is 6.54 Å². The van der Waals surface area contributed by atoms with Crippen LogP contribution in [0.2, 0.25) is 0 Å². The molecule has 0 spiro atoms. The van der Waals surface area contributed by atoms with Crippen molar-refractivity contribution in [3.8, 4) is 0 Å². The van der Waals surface area contributed by atoms with Crippen molar-refractivity contribution in [1.29, 1.82) is 0 Å². The van der Waals surface area contributed by atoms with Gasteiger partial charge in [-0.05, 0) is 51.1 Å². The number of carboxylic acids is 1. The van der Waals surface area contributed by atoms with E-state index in [-0.39, 0.29) is 5.76 Å². The molecule has 0 unspecified atom stereocenters. The number of rotatable bonds is 3. The molecule has 1 saturated heterocycles. The zero-order valence-corrected chi connectivity index (χ0v) is 12.1. The van der Waals surface area contributed by atoms with Crippen LogP contribution >= 0.6 is 0 Å². The van der Waals surface area contributed by atoms with E-state index in [4.69, 9.17) is 9.52 Å². The molecule has 1 aromatic heterocycles. The van der Waals surface area contributed by atoms with Crippen LogP contribution in [0.25, 0.3) is 0 Å². The lowest BCUT2D eigenvalue weighted by Crippen LogP contribution is -2.46. The lowest BCUT2D eigenvalue weighted by molar-refractivity contribution is 0.0544. The Morgan fingerprint density at radius 3 is 2.85 bits per heavy atom. The molecule has 1 N–H and O–H groups in total. The standard InChI is InChI=1S/C16H23NO3/c1-11-13(9-15(20-11)16(18)19)10-17-8-4-6-12-5-2-3-7-14(12)17/h9,12,14H,2-8,10H2,1H3,(H,18,19)/t12-,14-/m1/s1. The van der Waals surface area contributed by atoms with Crippen LogP contribution in [-0.4, -0.2) is 28.6 Å². The Labute approximate surface area is 119 Å². The molecule has 1 aliphatic heterocycles. The molecular weight excluding hydrogens is 254 g/mol. The zero-order valence-electron chi connectivity index (χ0n) is 12.1. The Morgan fingerprint density at radius 2 is 2.10 bits per heavy atom. The zero-order chi connectivity index (χ0) is 14.1. The van der Waals surface area contributed by atoms with Crippen molar-refractivity contribution in [3.63, 3.8) is 0 Å². The number of fused-ring (bicyclic) bond motifs is 1. The van der Waals surface area contributed by atoms with Gasteiger partial charge in [0.25, 0.3) is 0 Å². The van der Waals surface area contributed by atoms with E-state index >= 15 is 0 Å². The van der Waals surface area contributed by atoms with E-state index in [1.54, 1.807) is 6.07 Å². The summed E-state index contributed by atoms with van der Waals surface area (Å²) in [6, 6.07) is 2.39. The molecule has 2 atom stereocenters. The van der Waals surface area contributed by atoms with Crippen molar-refractivity contribution in [1.82, 2.24) is 4.90 Å². The minimum Gasteiger partial charge on any atom is -0.475 e. The summed E-state index contributed by atoms with van der Waals surface area (Å²) in [6.45, 7) is 3.84. The Morgan fingerprint density at radius 1 is 1.35 bits per heavy atom. The molecule has 110 valence electrons. The van der Waals surface area contributed by atoms with Gasteiger partial charge in [0.05, 0.1) is 0 Å². The van der Waals surface area contributed by atoms with Gasteiger partial charge in [0.15, 0.2) is 0 Å². The van der Waals surface area contributed by atoms with Crippen molar-refractivity contribution in [2.24, 2.45) is 5.92 Å². The van der Waals surface area contributed by atoms with Gasteiger partial charge in [-0.25, -0.2) is 4.79 Å². The van der Waals surface area contributed by atoms with Gasteiger partial charge in [0.1, 0.15) is 5.76 Å². The molecule has 2 heterocycles. The molecule has 1 aromatic rings. The third kappa shape index (κ3) is 2.62. The highest BCUT2D eigenvalue weighted by Gasteiger charge is 2.33. The van der Waals surface area contributed by atoms with E-state index in [1.807, 2.05) is 6.92 Å². The van der Waals surface area contributed by atoms with Crippen LogP contribution in [0.1, 0.15) is 60.4 Å². The van der Waals surface area contributed by atoms with E-state index in [1.165, 1.54) is 38.5 Å². The first kappa shape index (κ1) is 13.7. The summed E-state index contributed by atoms with van der Waals surface area (Å²) in [4.78, 5) is 13.5. The number of aryl methyl sites for hydroxylation is 1. The third-order valence-electron chi connectivity index (χ3n) is 4.96. The summed E-state index contributed by atoms with van der Waals surface area (Å²) < 4.78 is 5.33. The summed E-state index contributed by atoms with van der Waals surface area (Å²) in [6.07, 6.45) is 8.01. The summed E-state index contributed by atoms with van der Waals surface area (Å²) in [5.74, 6) is 0.687. The molecule has 3 rings (SSSR count). The largest absolute Gasteiger partial charge is 0.475 e. The second-order valence-electron chi connectivity index (χ2n) is 6.22. The fourth-order valence-corrected chi connectivity index (χ4v) is 3.93. The number of piperidine rings is 1. The Hall–Kier alpha value is -1.29. The van der Waals surface area contributed by atoms with Crippen molar-refractivity contribution in [3.05, 3.63) is 23.2 Å². The third-order valence-corrected chi connectivity index (χ3v) is 4.96. The first-order valence-electron chi connectivity index (χ1n) is 7.72. The Bertz CT molecular complexity index is 492. The molecule has 4 heteroatoms. The van der Waals surface area contributed by atoms with Crippen LogP contribution in [0.4, 0.5) is 0 Å². The van der Waals surface area contributed by atoms with Gasteiger partial charge in [0.2, 0.25) is 5.76 Å². The summed E-state index contributed by atoms with van der Waals surface area (Å²) >= 11 is 0. The highest BCUT2D eigenvalue weighted by Crippen LogP contribution is 2.36. The molecule has 4 nitrogen and oxygen atoms in total. The smallest absolute Gasteiger partial charge is 0.371 e. The first-order chi connectivity index (χ1) is 9.65. The molecular formula is C16H23NO3. The molecule has 0 aromatic carbocycles. The Balaban J connectivity index is 1.74. The number of aromatic carboxylic acids is 1. The van der Waals surface area contributed by atoms with Crippen LogP contribution in [0.3, 0.4) is 0 Å². The number of carboxylic acid groups (broad SMARTS) is 1. The topological polar surface area (TPSA) is 53.7 Å². The quantitative estimate of drug-likeness (QED) is 0.919. The fraction of sp³-hybridized carbons (Fsp3) is 0.688. The van der Waals surface area contributed by atoms with Crippen LogP contribution in [-0.2, 0) is 6.54 Å². The molecule has 0 amide bonds. The molecule has 0 bridgehead atoms. The van der Waals surface area contributed by atoms with Gasteiger partial charge in [-0.1, -0.05) is 12.8 Å². The number of hydrogen-bond acceptors (Lipinski definition) is 3.